The molecule has 0 saturated carbocycles. The summed E-state index contributed by atoms with van der Waals surface area (Å²) in [6, 6.07) is 5.44. The standard InChI is InChI=1S/C18H19N5O2/c1-12-8-20-23(9-12)11-17(24)22-6-4-13(10-22)15-7-16-14(18(25)21-15)3-2-5-19-16/h2-3,5,7-9,13H,4,6,10-11H2,1H3,(H,21,25). The Hall–Kier alpha value is -2.96. The van der Waals surface area contributed by atoms with Crippen LogP contribution in [-0.2, 0) is 11.3 Å². The van der Waals surface area contributed by atoms with Crippen LogP contribution in [-0.4, -0.2) is 43.6 Å². The van der Waals surface area contributed by atoms with Crippen LogP contribution in [0.5, 0.6) is 0 Å². The zero-order valence-corrected chi connectivity index (χ0v) is 14.0. The van der Waals surface area contributed by atoms with Gasteiger partial charge in [-0.05, 0) is 37.1 Å². The Morgan fingerprint density at radius 1 is 1.44 bits per heavy atom. The van der Waals surface area contributed by atoms with Gasteiger partial charge in [0, 0.05) is 37.1 Å². The van der Waals surface area contributed by atoms with Crippen molar-refractivity contribution in [3.05, 3.63) is 58.4 Å². The van der Waals surface area contributed by atoms with Crippen molar-refractivity contribution in [2.24, 2.45) is 0 Å². The smallest absolute Gasteiger partial charge is 0.257 e. The highest BCUT2D eigenvalue weighted by molar-refractivity contribution is 5.78. The number of H-pyrrole nitrogens is 1. The second-order valence-electron chi connectivity index (χ2n) is 6.53. The lowest BCUT2D eigenvalue weighted by atomic mass is 10.0. The number of nitrogens with one attached hydrogen (secondary N) is 1. The maximum atomic E-state index is 12.5. The highest BCUT2D eigenvalue weighted by atomic mass is 16.2. The van der Waals surface area contributed by atoms with Crippen molar-refractivity contribution < 1.29 is 4.79 Å². The van der Waals surface area contributed by atoms with Gasteiger partial charge in [-0.3, -0.25) is 19.3 Å². The van der Waals surface area contributed by atoms with E-state index in [2.05, 4.69) is 15.1 Å². The summed E-state index contributed by atoms with van der Waals surface area (Å²) in [6.45, 7) is 3.49. The number of aryl methyl sites for hydroxylation is 1. The van der Waals surface area contributed by atoms with Crippen LogP contribution in [0.25, 0.3) is 10.9 Å². The van der Waals surface area contributed by atoms with Crippen molar-refractivity contribution in [3.8, 4) is 0 Å². The number of hydrogen-bond acceptors (Lipinski definition) is 4. The fourth-order valence-corrected chi connectivity index (χ4v) is 3.36. The molecule has 1 aliphatic heterocycles. The molecule has 0 radical (unpaired) electrons. The molecule has 7 heteroatoms. The van der Waals surface area contributed by atoms with Crippen LogP contribution in [0.15, 0.2) is 41.6 Å². The summed E-state index contributed by atoms with van der Waals surface area (Å²) in [5, 5.41) is 4.75. The summed E-state index contributed by atoms with van der Waals surface area (Å²) in [5.74, 6) is 0.175. The molecule has 128 valence electrons. The van der Waals surface area contributed by atoms with E-state index in [-0.39, 0.29) is 23.9 Å². The van der Waals surface area contributed by atoms with E-state index in [9.17, 15) is 9.59 Å². The lowest BCUT2D eigenvalue weighted by Gasteiger charge is -2.16. The summed E-state index contributed by atoms with van der Waals surface area (Å²) < 4.78 is 1.66. The fourth-order valence-electron chi connectivity index (χ4n) is 3.36. The summed E-state index contributed by atoms with van der Waals surface area (Å²) in [6.07, 6.45) is 6.12. The third kappa shape index (κ3) is 3.05. The Kier molecular flexibility index (Phi) is 3.83. The molecular weight excluding hydrogens is 318 g/mol. The Morgan fingerprint density at radius 3 is 3.12 bits per heavy atom. The number of pyridine rings is 2. The summed E-state index contributed by atoms with van der Waals surface area (Å²) in [5.41, 5.74) is 2.45. The van der Waals surface area contributed by atoms with Gasteiger partial charge in [-0.25, -0.2) is 0 Å². The third-order valence-corrected chi connectivity index (χ3v) is 4.67. The topological polar surface area (TPSA) is 83.9 Å². The van der Waals surface area contributed by atoms with Gasteiger partial charge in [0.1, 0.15) is 6.54 Å². The largest absolute Gasteiger partial charge is 0.340 e. The number of aromatic amines is 1. The van der Waals surface area contributed by atoms with Gasteiger partial charge >= 0.3 is 0 Å². The molecule has 3 aromatic rings. The van der Waals surface area contributed by atoms with E-state index < -0.39 is 0 Å². The van der Waals surface area contributed by atoms with Gasteiger partial charge in [-0.2, -0.15) is 5.10 Å². The maximum Gasteiger partial charge on any atom is 0.257 e. The van der Waals surface area contributed by atoms with Crippen molar-refractivity contribution in [2.75, 3.05) is 13.1 Å². The van der Waals surface area contributed by atoms with Crippen LogP contribution >= 0.6 is 0 Å². The van der Waals surface area contributed by atoms with Crippen molar-refractivity contribution in [3.63, 3.8) is 0 Å². The van der Waals surface area contributed by atoms with Crippen LogP contribution in [0.4, 0.5) is 0 Å². The number of hydrogen-bond donors (Lipinski definition) is 1. The number of amides is 1. The number of rotatable bonds is 3. The van der Waals surface area contributed by atoms with Crippen LogP contribution < -0.4 is 5.56 Å². The molecule has 1 unspecified atom stereocenters. The van der Waals surface area contributed by atoms with Gasteiger partial charge in [-0.15, -0.1) is 0 Å². The van der Waals surface area contributed by atoms with Gasteiger partial charge in [0.05, 0.1) is 17.1 Å². The molecule has 0 spiro atoms. The van der Waals surface area contributed by atoms with Crippen LogP contribution in [0.2, 0.25) is 0 Å². The lowest BCUT2D eigenvalue weighted by Crippen LogP contribution is -2.32. The molecule has 1 amide bonds. The molecule has 0 bridgehead atoms. The predicted molar refractivity (Wildman–Crippen MR) is 93.3 cm³/mol. The molecule has 1 N–H and O–H groups in total. The molecule has 25 heavy (non-hydrogen) atoms. The average molecular weight is 337 g/mol. The number of nitrogens with zero attached hydrogens (tertiary/aromatic N) is 4. The van der Waals surface area contributed by atoms with Gasteiger partial charge in [0.15, 0.2) is 0 Å². The molecule has 3 aromatic heterocycles. The molecule has 1 saturated heterocycles. The second-order valence-corrected chi connectivity index (χ2v) is 6.53. The maximum absolute atomic E-state index is 12.5. The number of likely N-dealkylation sites (tertiary alicyclic amines) is 1. The third-order valence-electron chi connectivity index (χ3n) is 4.67. The highest BCUT2D eigenvalue weighted by Gasteiger charge is 2.28. The van der Waals surface area contributed by atoms with E-state index in [0.29, 0.717) is 24.0 Å². The minimum atomic E-state index is -0.127. The van der Waals surface area contributed by atoms with E-state index >= 15 is 0 Å². The van der Waals surface area contributed by atoms with Crippen LogP contribution in [0, 0.1) is 6.92 Å². The van der Waals surface area contributed by atoms with E-state index in [4.69, 9.17) is 0 Å². The van der Waals surface area contributed by atoms with Crippen molar-refractivity contribution in [1.82, 2.24) is 24.6 Å². The summed E-state index contributed by atoms with van der Waals surface area (Å²) in [4.78, 5) is 33.8. The number of fused-ring (bicyclic) bond motifs is 1. The molecule has 4 rings (SSSR count). The Balaban J connectivity index is 1.50. The van der Waals surface area contributed by atoms with Gasteiger partial charge in [0.2, 0.25) is 5.91 Å². The van der Waals surface area contributed by atoms with E-state index in [1.54, 1.807) is 29.2 Å². The first kappa shape index (κ1) is 15.6. The lowest BCUT2D eigenvalue weighted by molar-refractivity contribution is -0.131. The quantitative estimate of drug-likeness (QED) is 0.784. The minimum absolute atomic E-state index is 0.0480. The molecule has 1 atom stereocenters. The van der Waals surface area contributed by atoms with E-state index in [0.717, 1.165) is 17.7 Å². The zero-order chi connectivity index (χ0) is 17.4. The van der Waals surface area contributed by atoms with Crippen molar-refractivity contribution in [2.45, 2.75) is 25.8 Å². The normalized spacial score (nSPS) is 17.3. The highest BCUT2D eigenvalue weighted by Crippen LogP contribution is 2.26. The average Bonchev–Trinajstić information content (AvgIpc) is 3.24. The molecule has 0 aromatic carbocycles. The van der Waals surface area contributed by atoms with E-state index in [1.165, 1.54) is 0 Å². The van der Waals surface area contributed by atoms with Gasteiger partial charge in [-0.1, -0.05) is 0 Å². The van der Waals surface area contributed by atoms with Gasteiger partial charge < -0.3 is 9.88 Å². The molecule has 1 aliphatic rings. The monoisotopic (exact) mass is 337 g/mol. The first-order valence-corrected chi connectivity index (χ1v) is 8.35. The first-order chi connectivity index (χ1) is 12.1. The van der Waals surface area contributed by atoms with Gasteiger partial charge in [0.25, 0.3) is 5.56 Å². The Bertz CT molecular complexity index is 990. The molecule has 1 fully saturated rings. The number of carbonyl (C=O) groups is 1. The zero-order valence-electron chi connectivity index (χ0n) is 14.0. The summed E-state index contributed by atoms with van der Waals surface area (Å²) >= 11 is 0. The minimum Gasteiger partial charge on any atom is -0.340 e. The molecule has 7 nitrogen and oxygen atoms in total. The van der Waals surface area contributed by atoms with E-state index in [1.807, 2.05) is 24.1 Å². The summed E-state index contributed by atoms with van der Waals surface area (Å²) in [7, 11) is 0. The fraction of sp³-hybridized carbons (Fsp3) is 0.333. The molecular formula is C18H19N5O2. The van der Waals surface area contributed by atoms with Crippen LogP contribution in [0.3, 0.4) is 0 Å². The first-order valence-electron chi connectivity index (χ1n) is 8.35. The molecule has 0 aliphatic carbocycles. The number of carbonyl (C=O) groups excluding carboxylic acids is 1. The second kappa shape index (κ2) is 6.16. The van der Waals surface area contributed by atoms with Crippen LogP contribution in [0.1, 0.15) is 23.6 Å². The predicted octanol–water partition coefficient (Wildman–Crippen LogP) is 1.44. The van der Waals surface area contributed by atoms with Crippen molar-refractivity contribution >= 4 is 16.8 Å². The molecule has 4 heterocycles. The number of aromatic nitrogens is 4. The Labute approximate surface area is 144 Å². The van der Waals surface area contributed by atoms with Crippen molar-refractivity contribution in [1.29, 1.82) is 0 Å². The Morgan fingerprint density at radius 2 is 2.32 bits per heavy atom. The SMILES string of the molecule is Cc1cnn(CC(=O)N2CCC(c3cc4ncccc4c(=O)[nH]3)C2)c1.